The summed E-state index contributed by atoms with van der Waals surface area (Å²) >= 11 is 0. The molecule has 0 aliphatic rings. The highest BCUT2D eigenvalue weighted by atomic mass is 15.0. The summed E-state index contributed by atoms with van der Waals surface area (Å²) in [5.41, 5.74) is 7.65. The van der Waals surface area contributed by atoms with Gasteiger partial charge in [0.05, 0.1) is 11.4 Å². The Labute approximate surface area is 357 Å². The quantitative estimate of drug-likeness (QED) is 0.157. The minimum absolute atomic E-state index is 0.614. The summed E-state index contributed by atoms with van der Waals surface area (Å²) in [6.07, 6.45) is 0. The van der Waals surface area contributed by atoms with Crippen molar-refractivity contribution in [3.8, 4) is 68.1 Å². The molecule has 0 unspecified atom stereocenters. The predicted octanol–water partition coefficient (Wildman–Crippen LogP) is 14.4. The first-order valence-corrected chi connectivity index (χ1v) is 20.8. The van der Waals surface area contributed by atoms with Crippen molar-refractivity contribution >= 4 is 53.9 Å². The summed E-state index contributed by atoms with van der Waals surface area (Å²) in [7, 11) is 0. The first-order valence-electron chi connectivity index (χ1n) is 20.8. The molecule has 0 amide bonds. The molecular formula is C57H35N5. The molecule has 0 bridgehead atoms. The third kappa shape index (κ3) is 6.06. The van der Waals surface area contributed by atoms with Crippen molar-refractivity contribution in [2.24, 2.45) is 0 Å². The molecular weight excluding hydrogens is 755 g/mol. The first-order chi connectivity index (χ1) is 30.7. The maximum Gasteiger partial charge on any atom is 0.164 e. The minimum Gasteiger partial charge on any atom is -0.228 e. The lowest BCUT2D eigenvalue weighted by atomic mass is 9.90. The van der Waals surface area contributed by atoms with Gasteiger partial charge in [0.1, 0.15) is 0 Å². The van der Waals surface area contributed by atoms with Crippen LogP contribution in [0.4, 0.5) is 0 Å². The topological polar surface area (TPSA) is 64.5 Å². The first kappa shape index (κ1) is 35.5. The van der Waals surface area contributed by atoms with Gasteiger partial charge in [0.15, 0.2) is 23.3 Å². The van der Waals surface area contributed by atoms with Gasteiger partial charge in [-0.3, -0.25) is 0 Å². The lowest BCUT2D eigenvalue weighted by molar-refractivity contribution is 1.08. The molecule has 0 aliphatic carbocycles. The molecule has 0 atom stereocenters. The second kappa shape index (κ2) is 14.7. The Morgan fingerprint density at radius 3 is 1.00 bits per heavy atom. The van der Waals surface area contributed by atoms with E-state index in [0.717, 1.165) is 98.6 Å². The van der Waals surface area contributed by atoms with E-state index in [1.165, 1.54) is 0 Å². The largest absolute Gasteiger partial charge is 0.228 e. The van der Waals surface area contributed by atoms with Crippen LogP contribution in [-0.2, 0) is 0 Å². The average molecular weight is 790 g/mol. The lowest BCUT2D eigenvalue weighted by Gasteiger charge is -2.17. The maximum absolute atomic E-state index is 5.37. The molecule has 288 valence electrons. The van der Waals surface area contributed by atoms with E-state index in [4.69, 9.17) is 24.9 Å². The monoisotopic (exact) mass is 789 g/mol. The highest BCUT2D eigenvalue weighted by molar-refractivity contribution is 6.23. The Morgan fingerprint density at radius 2 is 0.548 bits per heavy atom. The molecule has 0 spiro atoms. The summed E-state index contributed by atoms with van der Waals surface area (Å²) < 4.78 is 0. The molecule has 62 heavy (non-hydrogen) atoms. The van der Waals surface area contributed by atoms with Crippen molar-refractivity contribution in [1.29, 1.82) is 0 Å². The molecule has 0 saturated carbocycles. The molecule has 5 heteroatoms. The Balaban J connectivity index is 1.13. The molecule has 0 saturated heterocycles. The van der Waals surface area contributed by atoms with E-state index in [1.807, 2.05) is 12.1 Å². The Morgan fingerprint density at radius 1 is 0.210 bits per heavy atom. The van der Waals surface area contributed by atoms with Gasteiger partial charge in [-0.15, -0.1) is 0 Å². The molecule has 0 fully saturated rings. The van der Waals surface area contributed by atoms with E-state index in [9.17, 15) is 0 Å². The average Bonchev–Trinajstić information content (AvgIpc) is 3.35. The van der Waals surface area contributed by atoms with Crippen LogP contribution < -0.4 is 0 Å². The normalized spacial score (nSPS) is 11.5. The summed E-state index contributed by atoms with van der Waals surface area (Å²) in [4.78, 5) is 26.6. The molecule has 5 nitrogen and oxygen atoms in total. The minimum atomic E-state index is 0.614. The molecule has 12 rings (SSSR count). The number of aromatic nitrogens is 5. The van der Waals surface area contributed by atoms with Gasteiger partial charge in [-0.25, -0.2) is 24.9 Å². The SMILES string of the molecule is c1ccc(-c2cc(-c3ccccc3)nc(-c3cc4c5ccccc5c(-c5nc(-c6cccc7ccccc67)nc(-c6cccc7ccccc67)n5)cc4c4ccccc34)n2)cc1. The van der Waals surface area contributed by atoms with Crippen LogP contribution in [0.2, 0.25) is 0 Å². The third-order valence-electron chi connectivity index (χ3n) is 11.9. The van der Waals surface area contributed by atoms with Crippen molar-refractivity contribution in [3.63, 3.8) is 0 Å². The Hall–Kier alpha value is -8.41. The van der Waals surface area contributed by atoms with Crippen molar-refractivity contribution in [1.82, 2.24) is 24.9 Å². The number of nitrogens with zero attached hydrogens (tertiary/aromatic N) is 5. The van der Waals surface area contributed by atoms with E-state index >= 15 is 0 Å². The van der Waals surface area contributed by atoms with Gasteiger partial charge >= 0.3 is 0 Å². The zero-order valence-corrected chi connectivity index (χ0v) is 33.4. The van der Waals surface area contributed by atoms with Gasteiger partial charge in [-0.1, -0.05) is 194 Å². The van der Waals surface area contributed by atoms with Crippen LogP contribution in [0, 0.1) is 0 Å². The number of benzene rings is 10. The fourth-order valence-electron chi connectivity index (χ4n) is 8.98. The second-order valence-corrected chi connectivity index (χ2v) is 15.6. The molecule has 0 N–H and O–H groups in total. The summed E-state index contributed by atoms with van der Waals surface area (Å²) in [5.74, 6) is 2.55. The van der Waals surface area contributed by atoms with Gasteiger partial charge in [-0.05, 0) is 72.1 Å². The maximum atomic E-state index is 5.37. The van der Waals surface area contributed by atoms with Gasteiger partial charge in [0.25, 0.3) is 0 Å². The van der Waals surface area contributed by atoms with Gasteiger partial charge < -0.3 is 0 Å². The van der Waals surface area contributed by atoms with Crippen LogP contribution in [-0.4, -0.2) is 24.9 Å². The molecule has 12 aromatic rings. The van der Waals surface area contributed by atoms with Crippen molar-refractivity contribution in [3.05, 3.63) is 212 Å². The van der Waals surface area contributed by atoms with Gasteiger partial charge in [-0.2, -0.15) is 0 Å². The highest BCUT2D eigenvalue weighted by Gasteiger charge is 2.21. The van der Waals surface area contributed by atoms with E-state index in [0.29, 0.717) is 23.3 Å². The van der Waals surface area contributed by atoms with E-state index < -0.39 is 0 Å². The summed E-state index contributed by atoms with van der Waals surface area (Å²) in [6.45, 7) is 0. The van der Waals surface area contributed by atoms with Crippen LogP contribution in [0.1, 0.15) is 0 Å². The van der Waals surface area contributed by atoms with Gasteiger partial charge in [0, 0.05) is 33.4 Å². The third-order valence-corrected chi connectivity index (χ3v) is 11.9. The zero-order valence-electron chi connectivity index (χ0n) is 33.4. The smallest absolute Gasteiger partial charge is 0.164 e. The van der Waals surface area contributed by atoms with Crippen LogP contribution in [0.5, 0.6) is 0 Å². The van der Waals surface area contributed by atoms with E-state index in [2.05, 4.69) is 200 Å². The van der Waals surface area contributed by atoms with Crippen LogP contribution in [0.25, 0.3) is 122 Å². The molecule has 2 heterocycles. The van der Waals surface area contributed by atoms with Crippen molar-refractivity contribution < 1.29 is 0 Å². The molecule has 0 aliphatic heterocycles. The summed E-state index contributed by atoms with van der Waals surface area (Å²) in [6, 6.07) is 74.0. The number of rotatable bonds is 6. The van der Waals surface area contributed by atoms with E-state index in [-0.39, 0.29) is 0 Å². The lowest BCUT2D eigenvalue weighted by Crippen LogP contribution is -2.02. The highest BCUT2D eigenvalue weighted by Crippen LogP contribution is 2.42. The second-order valence-electron chi connectivity index (χ2n) is 15.6. The molecule has 10 aromatic carbocycles. The number of hydrogen-bond donors (Lipinski definition) is 0. The molecule has 0 radical (unpaired) electrons. The number of hydrogen-bond acceptors (Lipinski definition) is 5. The van der Waals surface area contributed by atoms with Crippen LogP contribution in [0.3, 0.4) is 0 Å². The van der Waals surface area contributed by atoms with Crippen LogP contribution in [0.15, 0.2) is 212 Å². The molecule has 2 aromatic heterocycles. The van der Waals surface area contributed by atoms with Crippen molar-refractivity contribution in [2.75, 3.05) is 0 Å². The van der Waals surface area contributed by atoms with Crippen LogP contribution >= 0.6 is 0 Å². The fraction of sp³-hybridized carbons (Fsp3) is 0. The van der Waals surface area contributed by atoms with E-state index in [1.54, 1.807) is 0 Å². The zero-order chi connectivity index (χ0) is 41.0. The van der Waals surface area contributed by atoms with Gasteiger partial charge in [0.2, 0.25) is 0 Å². The Kier molecular flexibility index (Phi) is 8.42. The fourth-order valence-corrected chi connectivity index (χ4v) is 8.98. The standard InChI is InChI=1S/C57H35N5/c1-3-19-38(20-4-1)52-35-53(39-21-5-2-6-22-39)59-56(58-52)50-33-48-43-28-12-14-30-45(43)51(34-49(48)42-27-11-13-29-44(42)50)57-61-54(46-31-15-23-36-17-7-9-25-40(36)46)60-55(62-57)47-32-16-24-37-18-8-10-26-41(37)47/h1-35H. The number of fused-ring (bicyclic) bond motifs is 7. The Bertz CT molecular complexity index is 3530. The van der Waals surface area contributed by atoms with Crippen molar-refractivity contribution in [2.45, 2.75) is 0 Å². The summed E-state index contributed by atoms with van der Waals surface area (Å²) in [5, 5.41) is 10.9. The predicted molar refractivity (Wildman–Crippen MR) is 256 cm³/mol.